The number of hydrogen-bond acceptors (Lipinski definition) is 0. The Bertz CT molecular complexity index is 161. The highest BCUT2D eigenvalue weighted by atomic mass is 13.9. The fraction of sp³-hybridized carbons (Fsp3) is 0.538. The Kier molecular flexibility index (Phi) is 10.5. The van der Waals surface area contributed by atoms with Crippen molar-refractivity contribution in [3.63, 3.8) is 0 Å². The van der Waals surface area contributed by atoms with Gasteiger partial charge >= 0.3 is 0 Å². The van der Waals surface area contributed by atoms with Gasteiger partial charge in [0.05, 0.1) is 0 Å². The lowest BCUT2D eigenvalue weighted by Crippen LogP contribution is -1.71. The van der Waals surface area contributed by atoms with Crippen molar-refractivity contribution in [3.05, 3.63) is 36.5 Å². The van der Waals surface area contributed by atoms with E-state index in [1.165, 1.54) is 25.7 Å². The third-order valence-electron chi connectivity index (χ3n) is 1.85. The summed E-state index contributed by atoms with van der Waals surface area (Å²) in [6.45, 7) is 4.23. The lowest BCUT2D eigenvalue weighted by Gasteiger charge is -1.91. The van der Waals surface area contributed by atoms with Crippen LogP contribution in [0.1, 0.15) is 46.0 Å². The first-order chi connectivity index (χ1) is 6.41. The van der Waals surface area contributed by atoms with Crippen LogP contribution in [-0.4, -0.2) is 0 Å². The molecule has 0 bridgehead atoms. The topological polar surface area (TPSA) is 0 Å². The van der Waals surface area contributed by atoms with E-state index in [1.807, 2.05) is 0 Å². The summed E-state index contributed by atoms with van der Waals surface area (Å²) in [6, 6.07) is 0. The van der Waals surface area contributed by atoms with Gasteiger partial charge in [0, 0.05) is 0 Å². The molecule has 0 rings (SSSR count). The van der Waals surface area contributed by atoms with Crippen molar-refractivity contribution in [1.29, 1.82) is 0 Å². The Labute approximate surface area is 83.0 Å². The van der Waals surface area contributed by atoms with Crippen LogP contribution in [0.25, 0.3) is 0 Å². The SMILES string of the molecule is CC=CCCCCC=CC=CCC. The van der Waals surface area contributed by atoms with E-state index in [0.717, 1.165) is 6.42 Å². The van der Waals surface area contributed by atoms with Crippen LogP contribution in [0.5, 0.6) is 0 Å². The maximum Gasteiger partial charge on any atom is -0.0347 e. The van der Waals surface area contributed by atoms with Crippen molar-refractivity contribution in [2.75, 3.05) is 0 Å². The molecule has 0 aromatic carbocycles. The Balaban J connectivity index is 3.15. The highest BCUT2D eigenvalue weighted by Gasteiger charge is 1.81. The van der Waals surface area contributed by atoms with Crippen LogP contribution in [0.15, 0.2) is 36.5 Å². The molecule has 0 radical (unpaired) electrons. The van der Waals surface area contributed by atoms with Gasteiger partial charge in [-0.1, -0.05) is 43.4 Å². The molecule has 0 aliphatic carbocycles. The molecule has 0 saturated carbocycles. The van der Waals surface area contributed by atoms with Crippen LogP contribution in [0.4, 0.5) is 0 Å². The molecule has 0 aromatic heterocycles. The normalized spacial score (nSPS) is 12.5. The molecular weight excluding hydrogens is 156 g/mol. The van der Waals surface area contributed by atoms with Gasteiger partial charge in [-0.05, 0) is 39.0 Å². The van der Waals surface area contributed by atoms with Crippen LogP contribution in [0, 0.1) is 0 Å². The highest BCUT2D eigenvalue weighted by Crippen LogP contribution is 2.01. The molecule has 0 spiro atoms. The average Bonchev–Trinajstić information content (AvgIpc) is 2.16. The van der Waals surface area contributed by atoms with Crippen molar-refractivity contribution in [3.8, 4) is 0 Å². The molecule has 0 atom stereocenters. The molecule has 0 aromatic rings. The van der Waals surface area contributed by atoms with Gasteiger partial charge < -0.3 is 0 Å². The predicted molar refractivity (Wildman–Crippen MR) is 61.9 cm³/mol. The lowest BCUT2D eigenvalue weighted by molar-refractivity contribution is 0.762. The Morgan fingerprint density at radius 1 is 0.846 bits per heavy atom. The molecule has 0 heteroatoms. The monoisotopic (exact) mass is 178 g/mol. The maximum absolute atomic E-state index is 2.25. The number of allylic oxidation sites excluding steroid dienone is 6. The summed E-state index contributed by atoms with van der Waals surface area (Å²) in [6.07, 6.45) is 19.3. The van der Waals surface area contributed by atoms with Gasteiger partial charge in [0.25, 0.3) is 0 Å². The first kappa shape index (κ1) is 12.2. The summed E-state index contributed by atoms with van der Waals surface area (Å²) in [5.41, 5.74) is 0. The fourth-order valence-corrected chi connectivity index (χ4v) is 1.08. The van der Waals surface area contributed by atoms with Crippen molar-refractivity contribution in [2.24, 2.45) is 0 Å². The predicted octanol–water partition coefficient (Wildman–Crippen LogP) is 4.65. The number of unbranched alkanes of at least 4 members (excludes halogenated alkanes) is 3. The summed E-state index contributed by atoms with van der Waals surface area (Å²) in [4.78, 5) is 0. The molecule has 0 N–H and O–H groups in total. The summed E-state index contributed by atoms with van der Waals surface area (Å²) in [7, 11) is 0. The molecule has 0 amide bonds. The van der Waals surface area contributed by atoms with Gasteiger partial charge in [-0.3, -0.25) is 0 Å². The number of hydrogen-bond donors (Lipinski definition) is 0. The molecule has 0 unspecified atom stereocenters. The second kappa shape index (κ2) is 11.2. The summed E-state index contributed by atoms with van der Waals surface area (Å²) in [5.74, 6) is 0. The van der Waals surface area contributed by atoms with Gasteiger partial charge in [0.2, 0.25) is 0 Å². The molecular formula is C13H22. The van der Waals surface area contributed by atoms with Crippen LogP contribution >= 0.6 is 0 Å². The summed E-state index contributed by atoms with van der Waals surface area (Å²) < 4.78 is 0. The minimum Gasteiger partial charge on any atom is -0.0917 e. The molecule has 0 aliphatic heterocycles. The molecule has 0 fully saturated rings. The molecule has 0 heterocycles. The zero-order valence-corrected chi connectivity index (χ0v) is 9.00. The molecule has 0 nitrogen and oxygen atoms in total. The van der Waals surface area contributed by atoms with Gasteiger partial charge in [0.15, 0.2) is 0 Å². The smallest absolute Gasteiger partial charge is 0.0347 e. The van der Waals surface area contributed by atoms with E-state index < -0.39 is 0 Å². The van der Waals surface area contributed by atoms with Crippen LogP contribution in [-0.2, 0) is 0 Å². The minimum absolute atomic E-state index is 1.13. The fourth-order valence-electron chi connectivity index (χ4n) is 1.08. The van der Waals surface area contributed by atoms with Gasteiger partial charge in [-0.15, -0.1) is 0 Å². The van der Waals surface area contributed by atoms with E-state index in [9.17, 15) is 0 Å². The molecule has 0 aliphatic rings. The van der Waals surface area contributed by atoms with Crippen LogP contribution < -0.4 is 0 Å². The lowest BCUT2D eigenvalue weighted by atomic mass is 10.2. The average molecular weight is 178 g/mol. The first-order valence-electron chi connectivity index (χ1n) is 5.34. The van der Waals surface area contributed by atoms with E-state index in [2.05, 4.69) is 50.3 Å². The zero-order valence-electron chi connectivity index (χ0n) is 9.00. The minimum atomic E-state index is 1.13. The van der Waals surface area contributed by atoms with Crippen molar-refractivity contribution >= 4 is 0 Å². The Morgan fingerprint density at radius 3 is 2.08 bits per heavy atom. The van der Waals surface area contributed by atoms with Crippen molar-refractivity contribution in [2.45, 2.75) is 46.0 Å². The van der Waals surface area contributed by atoms with E-state index in [1.54, 1.807) is 0 Å². The second-order valence-corrected chi connectivity index (χ2v) is 3.12. The second-order valence-electron chi connectivity index (χ2n) is 3.12. The van der Waals surface area contributed by atoms with E-state index >= 15 is 0 Å². The molecule has 74 valence electrons. The Morgan fingerprint density at radius 2 is 1.46 bits per heavy atom. The number of rotatable bonds is 7. The third kappa shape index (κ3) is 11.2. The van der Waals surface area contributed by atoms with Crippen molar-refractivity contribution in [1.82, 2.24) is 0 Å². The van der Waals surface area contributed by atoms with Gasteiger partial charge in [-0.25, -0.2) is 0 Å². The molecule has 13 heavy (non-hydrogen) atoms. The van der Waals surface area contributed by atoms with E-state index in [4.69, 9.17) is 0 Å². The van der Waals surface area contributed by atoms with Gasteiger partial charge in [-0.2, -0.15) is 0 Å². The summed E-state index contributed by atoms with van der Waals surface area (Å²) >= 11 is 0. The Hall–Kier alpha value is -0.780. The quantitative estimate of drug-likeness (QED) is 0.302. The third-order valence-corrected chi connectivity index (χ3v) is 1.85. The highest BCUT2D eigenvalue weighted by molar-refractivity contribution is 5.01. The standard InChI is InChI=1S/C13H22/c1-3-5-7-9-11-13-12-10-8-6-4-2/h3,5-6,8,10,12H,4,7,9,11,13H2,1-2H3. The van der Waals surface area contributed by atoms with Crippen LogP contribution in [0.3, 0.4) is 0 Å². The summed E-state index contributed by atoms with van der Waals surface area (Å²) in [5, 5.41) is 0. The molecule has 0 saturated heterocycles. The van der Waals surface area contributed by atoms with E-state index in [0.29, 0.717) is 0 Å². The largest absolute Gasteiger partial charge is 0.0917 e. The van der Waals surface area contributed by atoms with Gasteiger partial charge in [0.1, 0.15) is 0 Å². The van der Waals surface area contributed by atoms with E-state index in [-0.39, 0.29) is 0 Å². The zero-order chi connectivity index (χ0) is 9.78. The van der Waals surface area contributed by atoms with Crippen LogP contribution in [0.2, 0.25) is 0 Å². The maximum atomic E-state index is 2.25. The first-order valence-corrected chi connectivity index (χ1v) is 5.34. The van der Waals surface area contributed by atoms with Crippen molar-refractivity contribution < 1.29 is 0 Å².